The molecule has 1 aliphatic rings. The molecule has 2 aromatic heterocycles. The van der Waals surface area contributed by atoms with Crippen LogP contribution in [0.1, 0.15) is 41.5 Å². The molecule has 0 bridgehead atoms. The first-order chi connectivity index (χ1) is 18.3. The van der Waals surface area contributed by atoms with E-state index in [4.69, 9.17) is 9.84 Å². The average Bonchev–Trinajstić information content (AvgIpc) is 3.51. The summed E-state index contributed by atoms with van der Waals surface area (Å²) in [5, 5.41) is 12.8. The van der Waals surface area contributed by atoms with Gasteiger partial charge >= 0.3 is 6.03 Å². The molecule has 9 nitrogen and oxygen atoms in total. The summed E-state index contributed by atoms with van der Waals surface area (Å²) in [5.41, 5.74) is 3.08. The first kappa shape index (κ1) is 24.9. The van der Waals surface area contributed by atoms with Crippen molar-refractivity contribution < 1.29 is 18.7 Å². The molecule has 3 N–H and O–H groups in total. The van der Waals surface area contributed by atoms with Crippen molar-refractivity contribution in [3.8, 4) is 17.2 Å². The number of nitrogens with zero attached hydrogens (tertiary/aromatic N) is 3. The summed E-state index contributed by atoms with van der Waals surface area (Å²) >= 11 is 0. The molecule has 2 heterocycles. The number of pyridine rings is 1. The van der Waals surface area contributed by atoms with Gasteiger partial charge in [0.1, 0.15) is 11.6 Å². The van der Waals surface area contributed by atoms with E-state index in [1.165, 1.54) is 19.3 Å². The van der Waals surface area contributed by atoms with Crippen LogP contribution in [0.3, 0.4) is 0 Å². The van der Waals surface area contributed by atoms with Crippen LogP contribution >= 0.6 is 0 Å². The molecule has 2 aromatic carbocycles. The standard InChI is InChI=1S/C28H27FN6O3/c1-17-5-4-6-19(15-17)35-23(16-22(34-35)28(2)12-13-28)33-27(37)32-18-7-9-20(10-8-18)38-21-11-14-31-25(24(21)29)26(36)30-3/h4-11,14-16H,12-13H2,1-3H3,(H,30,36)(H2,32,33,37). The zero-order valence-corrected chi connectivity index (χ0v) is 21.2. The number of ether oxygens (including phenoxy) is 1. The number of urea groups is 1. The Hall–Kier alpha value is -4.73. The summed E-state index contributed by atoms with van der Waals surface area (Å²) < 4.78 is 21.9. The van der Waals surface area contributed by atoms with Crippen LogP contribution in [-0.2, 0) is 5.41 Å². The summed E-state index contributed by atoms with van der Waals surface area (Å²) in [4.78, 5) is 28.4. The van der Waals surface area contributed by atoms with E-state index in [1.807, 2.05) is 37.3 Å². The smallest absolute Gasteiger partial charge is 0.324 e. The van der Waals surface area contributed by atoms with Crippen molar-refractivity contribution >= 4 is 23.4 Å². The van der Waals surface area contributed by atoms with Gasteiger partial charge in [0.25, 0.3) is 5.91 Å². The van der Waals surface area contributed by atoms with Gasteiger partial charge in [0, 0.05) is 36.5 Å². The molecule has 5 rings (SSSR count). The van der Waals surface area contributed by atoms with Gasteiger partial charge in [0.05, 0.1) is 11.4 Å². The molecular formula is C28H27FN6O3. The van der Waals surface area contributed by atoms with Crippen LogP contribution in [0.5, 0.6) is 11.5 Å². The molecule has 0 spiro atoms. The highest BCUT2D eigenvalue weighted by molar-refractivity contribution is 5.99. The van der Waals surface area contributed by atoms with E-state index in [9.17, 15) is 14.0 Å². The maximum absolute atomic E-state index is 14.6. The van der Waals surface area contributed by atoms with E-state index in [1.54, 1.807) is 28.9 Å². The van der Waals surface area contributed by atoms with Crippen molar-refractivity contribution in [2.75, 3.05) is 17.7 Å². The summed E-state index contributed by atoms with van der Waals surface area (Å²) in [5.74, 6) is -0.764. The summed E-state index contributed by atoms with van der Waals surface area (Å²) in [6.07, 6.45) is 3.42. The Labute approximate surface area is 219 Å². The number of halogens is 1. The van der Waals surface area contributed by atoms with Gasteiger partial charge in [-0.15, -0.1) is 0 Å². The van der Waals surface area contributed by atoms with Crippen molar-refractivity contribution in [1.82, 2.24) is 20.1 Å². The van der Waals surface area contributed by atoms with Crippen LogP contribution < -0.4 is 20.7 Å². The lowest BCUT2D eigenvalue weighted by molar-refractivity contribution is 0.0953. The quantitative estimate of drug-likeness (QED) is 0.299. The Kier molecular flexibility index (Phi) is 6.54. The number of rotatable bonds is 7. The topological polar surface area (TPSA) is 110 Å². The monoisotopic (exact) mass is 514 g/mol. The third-order valence-corrected chi connectivity index (χ3v) is 6.45. The van der Waals surface area contributed by atoms with Crippen LogP contribution in [-0.4, -0.2) is 33.8 Å². The highest BCUT2D eigenvalue weighted by atomic mass is 19.1. The second-order valence-corrected chi connectivity index (χ2v) is 9.48. The molecule has 38 heavy (non-hydrogen) atoms. The molecule has 1 aliphatic carbocycles. The average molecular weight is 515 g/mol. The van der Waals surface area contributed by atoms with E-state index >= 15 is 0 Å². The number of aryl methyl sites for hydroxylation is 1. The largest absolute Gasteiger partial charge is 0.454 e. The number of carbonyl (C=O) groups is 2. The predicted octanol–water partition coefficient (Wildman–Crippen LogP) is 5.56. The Bertz CT molecular complexity index is 1510. The van der Waals surface area contributed by atoms with Crippen LogP contribution in [0.25, 0.3) is 5.69 Å². The summed E-state index contributed by atoms with van der Waals surface area (Å²) in [6, 6.07) is 17.2. The molecule has 194 valence electrons. The van der Waals surface area contributed by atoms with Gasteiger partial charge in [0.15, 0.2) is 17.3 Å². The number of aromatic nitrogens is 3. The van der Waals surface area contributed by atoms with Crippen LogP contribution in [0, 0.1) is 12.7 Å². The normalized spacial score (nSPS) is 13.5. The highest BCUT2D eigenvalue weighted by Crippen LogP contribution is 2.47. The molecule has 10 heteroatoms. The molecule has 3 amide bonds. The lowest BCUT2D eigenvalue weighted by atomic mass is 10.1. The lowest BCUT2D eigenvalue weighted by Crippen LogP contribution is -2.21. The molecule has 4 aromatic rings. The Morgan fingerprint density at radius 1 is 1.05 bits per heavy atom. The molecule has 0 saturated heterocycles. The molecule has 1 saturated carbocycles. The number of benzene rings is 2. The first-order valence-corrected chi connectivity index (χ1v) is 12.2. The second-order valence-electron chi connectivity index (χ2n) is 9.48. The number of hydrogen-bond donors (Lipinski definition) is 3. The number of hydrogen-bond acceptors (Lipinski definition) is 5. The van der Waals surface area contributed by atoms with Gasteiger partial charge in [-0.3, -0.25) is 10.1 Å². The van der Waals surface area contributed by atoms with Crippen LogP contribution in [0.15, 0.2) is 66.9 Å². The fourth-order valence-electron chi connectivity index (χ4n) is 3.96. The Morgan fingerprint density at radius 2 is 1.82 bits per heavy atom. The molecule has 0 radical (unpaired) electrons. The number of carbonyl (C=O) groups excluding carboxylic acids is 2. The fraction of sp³-hybridized carbons (Fsp3) is 0.214. The molecule has 0 unspecified atom stereocenters. The maximum Gasteiger partial charge on any atom is 0.324 e. The van der Waals surface area contributed by atoms with Gasteiger partial charge in [0.2, 0.25) is 0 Å². The van der Waals surface area contributed by atoms with E-state index in [0.29, 0.717) is 17.3 Å². The molecule has 0 aliphatic heterocycles. The van der Waals surface area contributed by atoms with Crippen molar-refractivity contribution in [2.45, 2.75) is 32.1 Å². The van der Waals surface area contributed by atoms with E-state index in [0.717, 1.165) is 29.8 Å². The molecule has 1 fully saturated rings. The Balaban J connectivity index is 1.29. The second kappa shape index (κ2) is 9.97. The SMILES string of the molecule is CNC(=O)c1nccc(Oc2ccc(NC(=O)Nc3cc(C4(C)CC4)nn3-c3cccc(C)c3)cc2)c1F. The minimum atomic E-state index is -0.863. The van der Waals surface area contributed by atoms with Crippen LogP contribution in [0.2, 0.25) is 0 Å². The van der Waals surface area contributed by atoms with Gasteiger partial charge in [-0.05, 0) is 61.7 Å². The number of nitrogens with one attached hydrogen (secondary N) is 3. The maximum atomic E-state index is 14.6. The van der Waals surface area contributed by atoms with Crippen molar-refractivity contribution in [2.24, 2.45) is 0 Å². The van der Waals surface area contributed by atoms with Gasteiger partial charge in [-0.1, -0.05) is 19.1 Å². The third kappa shape index (κ3) is 5.19. The lowest BCUT2D eigenvalue weighted by Gasteiger charge is -2.12. The highest BCUT2D eigenvalue weighted by Gasteiger charge is 2.42. The van der Waals surface area contributed by atoms with Crippen molar-refractivity contribution in [1.29, 1.82) is 0 Å². The van der Waals surface area contributed by atoms with Gasteiger partial charge in [-0.2, -0.15) is 5.10 Å². The third-order valence-electron chi connectivity index (χ3n) is 6.45. The summed E-state index contributed by atoms with van der Waals surface area (Å²) in [6.45, 7) is 4.17. The predicted molar refractivity (Wildman–Crippen MR) is 142 cm³/mol. The minimum Gasteiger partial charge on any atom is -0.454 e. The van der Waals surface area contributed by atoms with Gasteiger partial charge < -0.3 is 15.4 Å². The first-order valence-electron chi connectivity index (χ1n) is 12.2. The molecule has 0 atom stereocenters. The fourth-order valence-corrected chi connectivity index (χ4v) is 3.96. The van der Waals surface area contributed by atoms with Crippen LogP contribution in [0.4, 0.5) is 20.7 Å². The number of anilines is 2. The van der Waals surface area contributed by atoms with E-state index < -0.39 is 17.8 Å². The summed E-state index contributed by atoms with van der Waals surface area (Å²) in [7, 11) is 1.39. The zero-order valence-electron chi connectivity index (χ0n) is 21.2. The minimum absolute atomic E-state index is 0.0349. The van der Waals surface area contributed by atoms with E-state index in [-0.39, 0.29) is 16.9 Å². The van der Waals surface area contributed by atoms with Gasteiger partial charge in [-0.25, -0.2) is 18.9 Å². The molecular weight excluding hydrogens is 487 g/mol. The zero-order chi connectivity index (χ0) is 26.9. The van der Waals surface area contributed by atoms with Crippen molar-refractivity contribution in [3.63, 3.8) is 0 Å². The number of amides is 3. The Morgan fingerprint density at radius 3 is 2.50 bits per heavy atom. The van der Waals surface area contributed by atoms with Crippen molar-refractivity contribution in [3.05, 3.63) is 89.6 Å². The van der Waals surface area contributed by atoms with E-state index in [2.05, 4.69) is 27.9 Å².